The second kappa shape index (κ2) is 11.0. The standard InChI is InChI=1S/C22H39N3O6/c1-23(19(26)21(28-2)7-15-30-17-21)11-13-25(14-12-24-9-5-4-6-10-24)20(27)22(29-3)8-16-31-18-22/h4-18H2,1-3H3. The van der Waals surface area contributed by atoms with Gasteiger partial charge in [-0.1, -0.05) is 6.42 Å². The highest BCUT2D eigenvalue weighted by Gasteiger charge is 2.46. The van der Waals surface area contributed by atoms with Crippen LogP contribution < -0.4 is 0 Å². The molecule has 2 unspecified atom stereocenters. The fourth-order valence-corrected chi connectivity index (χ4v) is 4.69. The molecule has 0 aromatic rings. The quantitative estimate of drug-likeness (QED) is 0.485. The third kappa shape index (κ3) is 5.57. The molecule has 3 rings (SSSR count). The van der Waals surface area contributed by atoms with E-state index >= 15 is 0 Å². The Kier molecular flexibility index (Phi) is 8.69. The van der Waals surface area contributed by atoms with Gasteiger partial charge in [-0.3, -0.25) is 9.59 Å². The van der Waals surface area contributed by atoms with E-state index in [2.05, 4.69) is 4.90 Å². The predicted molar refractivity (Wildman–Crippen MR) is 115 cm³/mol. The van der Waals surface area contributed by atoms with E-state index in [1.807, 2.05) is 4.90 Å². The Labute approximate surface area is 185 Å². The van der Waals surface area contributed by atoms with Crippen LogP contribution >= 0.6 is 0 Å². The van der Waals surface area contributed by atoms with Crippen molar-refractivity contribution in [2.24, 2.45) is 0 Å². The summed E-state index contributed by atoms with van der Waals surface area (Å²) >= 11 is 0. The van der Waals surface area contributed by atoms with Crippen LogP contribution in [-0.2, 0) is 28.5 Å². The highest BCUT2D eigenvalue weighted by Crippen LogP contribution is 2.26. The van der Waals surface area contributed by atoms with Gasteiger partial charge in [-0.25, -0.2) is 0 Å². The number of nitrogens with zero attached hydrogens (tertiary/aromatic N) is 3. The molecule has 3 saturated heterocycles. The molecule has 0 radical (unpaired) electrons. The lowest BCUT2D eigenvalue weighted by Crippen LogP contribution is -2.55. The molecule has 31 heavy (non-hydrogen) atoms. The molecule has 0 saturated carbocycles. The van der Waals surface area contributed by atoms with Crippen LogP contribution in [0.15, 0.2) is 0 Å². The maximum atomic E-state index is 13.5. The number of piperidine rings is 1. The van der Waals surface area contributed by atoms with Crippen molar-refractivity contribution in [2.45, 2.75) is 43.3 Å². The third-order valence-corrected chi connectivity index (χ3v) is 7.01. The first-order chi connectivity index (χ1) is 15.0. The molecule has 3 aliphatic rings. The van der Waals surface area contributed by atoms with Gasteiger partial charge in [0.15, 0.2) is 11.2 Å². The van der Waals surface area contributed by atoms with Crippen molar-refractivity contribution in [1.29, 1.82) is 0 Å². The van der Waals surface area contributed by atoms with E-state index in [1.54, 1.807) is 26.2 Å². The lowest BCUT2D eigenvalue weighted by molar-refractivity contribution is -0.158. The minimum absolute atomic E-state index is 0.0454. The van der Waals surface area contributed by atoms with Crippen molar-refractivity contribution in [3.8, 4) is 0 Å². The molecule has 0 bridgehead atoms. The van der Waals surface area contributed by atoms with Crippen molar-refractivity contribution < 1.29 is 28.5 Å². The van der Waals surface area contributed by atoms with Crippen LogP contribution in [0.25, 0.3) is 0 Å². The molecule has 2 amide bonds. The van der Waals surface area contributed by atoms with E-state index in [-0.39, 0.29) is 25.0 Å². The van der Waals surface area contributed by atoms with E-state index in [9.17, 15) is 9.59 Å². The molecule has 0 N–H and O–H groups in total. The average molecular weight is 442 g/mol. The Balaban J connectivity index is 1.63. The first kappa shape index (κ1) is 24.4. The predicted octanol–water partition coefficient (Wildman–Crippen LogP) is 0.370. The summed E-state index contributed by atoms with van der Waals surface area (Å²) in [5.41, 5.74) is -1.83. The molecule has 0 spiro atoms. The second-order valence-corrected chi connectivity index (χ2v) is 8.92. The number of hydrogen-bond donors (Lipinski definition) is 0. The van der Waals surface area contributed by atoms with Crippen LogP contribution in [0.2, 0.25) is 0 Å². The largest absolute Gasteiger partial charge is 0.378 e. The van der Waals surface area contributed by atoms with Crippen LogP contribution in [-0.4, -0.2) is 125 Å². The summed E-state index contributed by atoms with van der Waals surface area (Å²) in [6, 6.07) is 0. The zero-order chi connectivity index (χ0) is 22.3. The van der Waals surface area contributed by atoms with E-state index in [1.165, 1.54) is 19.3 Å². The number of amides is 2. The summed E-state index contributed by atoms with van der Waals surface area (Å²) < 4.78 is 22.1. The maximum Gasteiger partial charge on any atom is 0.257 e. The Bertz CT molecular complexity index is 598. The first-order valence-electron chi connectivity index (χ1n) is 11.5. The monoisotopic (exact) mass is 441 g/mol. The second-order valence-electron chi connectivity index (χ2n) is 8.92. The lowest BCUT2D eigenvalue weighted by atomic mass is 10.0. The van der Waals surface area contributed by atoms with Crippen molar-refractivity contribution in [3.63, 3.8) is 0 Å². The summed E-state index contributed by atoms with van der Waals surface area (Å²) in [6.45, 7) is 6.07. The molecular weight excluding hydrogens is 402 g/mol. The van der Waals surface area contributed by atoms with Crippen LogP contribution in [0.5, 0.6) is 0 Å². The summed E-state index contributed by atoms with van der Waals surface area (Å²) in [6.07, 6.45) is 4.81. The zero-order valence-electron chi connectivity index (χ0n) is 19.4. The SMILES string of the molecule is COC1(C(=O)N(C)CCN(CCN2CCCCC2)C(=O)C2(OC)CCOC2)CCOC1. The van der Waals surface area contributed by atoms with Gasteiger partial charge in [-0.15, -0.1) is 0 Å². The number of likely N-dealkylation sites (N-methyl/N-ethyl adjacent to an activating group) is 1. The van der Waals surface area contributed by atoms with Crippen LogP contribution in [0.3, 0.4) is 0 Å². The highest BCUT2D eigenvalue weighted by molar-refractivity contribution is 5.87. The highest BCUT2D eigenvalue weighted by atomic mass is 16.6. The van der Waals surface area contributed by atoms with Gasteiger partial charge in [0.2, 0.25) is 0 Å². The van der Waals surface area contributed by atoms with Crippen molar-refractivity contribution >= 4 is 11.8 Å². The van der Waals surface area contributed by atoms with Crippen molar-refractivity contribution in [2.75, 3.05) is 87.0 Å². The summed E-state index contributed by atoms with van der Waals surface area (Å²) in [7, 11) is 4.89. The van der Waals surface area contributed by atoms with Gasteiger partial charge in [-0.2, -0.15) is 0 Å². The number of likely N-dealkylation sites (tertiary alicyclic amines) is 1. The molecule has 9 nitrogen and oxygen atoms in total. The average Bonchev–Trinajstić information content (AvgIpc) is 3.49. The number of ether oxygens (including phenoxy) is 4. The lowest BCUT2D eigenvalue weighted by Gasteiger charge is -2.36. The van der Waals surface area contributed by atoms with Crippen molar-refractivity contribution in [1.82, 2.24) is 14.7 Å². The number of hydrogen-bond acceptors (Lipinski definition) is 7. The fourth-order valence-electron chi connectivity index (χ4n) is 4.69. The number of carbonyl (C=O) groups is 2. The molecule has 2 atom stereocenters. The van der Waals surface area contributed by atoms with Crippen LogP contribution in [0.4, 0.5) is 0 Å². The molecular formula is C22H39N3O6. The smallest absolute Gasteiger partial charge is 0.257 e. The Morgan fingerprint density at radius 3 is 1.97 bits per heavy atom. The molecule has 3 fully saturated rings. The Morgan fingerprint density at radius 1 is 0.871 bits per heavy atom. The van der Waals surface area contributed by atoms with Gasteiger partial charge < -0.3 is 33.6 Å². The summed E-state index contributed by atoms with van der Waals surface area (Å²) in [4.78, 5) is 32.4. The molecule has 0 aromatic heterocycles. The summed E-state index contributed by atoms with van der Waals surface area (Å²) in [5.74, 6) is -0.141. The van der Waals surface area contributed by atoms with Crippen molar-refractivity contribution in [3.05, 3.63) is 0 Å². The minimum atomic E-state index is -0.919. The maximum absolute atomic E-state index is 13.5. The summed E-state index contributed by atoms with van der Waals surface area (Å²) in [5, 5.41) is 0. The van der Waals surface area contributed by atoms with Gasteiger partial charge in [0.1, 0.15) is 0 Å². The van der Waals surface area contributed by atoms with E-state index in [4.69, 9.17) is 18.9 Å². The van der Waals surface area contributed by atoms with Crippen LogP contribution in [0.1, 0.15) is 32.1 Å². The molecule has 0 aliphatic carbocycles. The molecule has 3 aliphatic heterocycles. The number of carbonyl (C=O) groups excluding carboxylic acids is 2. The molecule has 3 heterocycles. The molecule has 9 heteroatoms. The minimum Gasteiger partial charge on any atom is -0.378 e. The first-order valence-corrected chi connectivity index (χ1v) is 11.5. The normalized spacial score (nSPS) is 29.3. The Hall–Kier alpha value is -1.26. The van der Waals surface area contributed by atoms with Gasteiger partial charge in [0, 0.05) is 60.3 Å². The Morgan fingerprint density at radius 2 is 1.45 bits per heavy atom. The number of rotatable bonds is 10. The zero-order valence-corrected chi connectivity index (χ0v) is 19.4. The van der Waals surface area contributed by atoms with E-state index < -0.39 is 11.2 Å². The number of methoxy groups -OCH3 is 2. The van der Waals surface area contributed by atoms with E-state index in [0.29, 0.717) is 45.7 Å². The fraction of sp³-hybridized carbons (Fsp3) is 0.909. The van der Waals surface area contributed by atoms with Gasteiger partial charge >= 0.3 is 0 Å². The topological polar surface area (TPSA) is 80.8 Å². The van der Waals surface area contributed by atoms with E-state index in [0.717, 1.165) is 19.6 Å². The van der Waals surface area contributed by atoms with Gasteiger partial charge in [-0.05, 0) is 25.9 Å². The van der Waals surface area contributed by atoms with Crippen LogP contribution in [0, 0.1) is 0 Å². The van der Waals surface area contributed by atoms with Gasteiger partial charge in [0.05, 0.1) is 26.4 Å². The molecule has 178 valence electrons. The molecule has 0 aromatic carbocycles. The third-order valence-electron chi connectivity index (χ3n) is 7.01. The van der Waals surface area contributed by atoms with Gasteiger partial charge in [0.25, 0.3) is 11.8 Å².